The van der Waals surface area contributed by atoms with Gasteiger partial charge in [0.25, 0.3) is 5.56 Å². The predicted octanol–water partition coefficient (Wildman–Crippen LogP) is 4.71. The Hall–Kier alpha value is -4.26. The van der Waals surface area contributed by atoms with E-state index in [9.17, 15) is 14.0 Å². The molecule has 164 valence electrons. The van der Waals surface area contributed by atoms with E-state index in [1.165, 1.54) is 22.6 Å². The van der Waals surface area contributed by atoms with Crippen LogP contribution in [0, 0.1) is 19.7 Å². The fourth-order valence-corrected chi connectivity index (χ4v) is 4.08. The van der Waals surface area contributed by atoms with E-state index in [1.54, 1.807) is 16.7 Å². The second kappa shape index (κ2) is 8.02. The van der Waals surface area contributed by atoms with E-state index < -0.39 is 0 Å². The first-order chi connectivity index (χ1) is 15.9. The van der Waals surface area contributed by atoms with E-state index in [2.05, 4.69) is 10.3 Å². The molecule has 0 aliphatic rings. The van der Waals surface area contributed by atoms with Crippen molar-refractivity contribution in [2.24, 2.45) is 0 Å². The maximum Gasteiger partial charge on any atom is 0.260 e. The van der Waals surface area contributed by atoms with Crippen LogP contribution < -0.4 is 10.9 Å². The summed E-state index contributed by atoms with van der Waals surface area (Å²) in [6.07, 6.45) is 0. The van der Waals surface area contributed by atoms with E-state index in [-0.39, 0.29) is 23.8 Å². The lowest BCUT2D eigenvalue weighted by atomic mass is 10.1. The van der Waals surface area contributed by atoms with E-state index >= 15 is 0 Å². The Balaban J connectivity index is 1.62. The topological polar surface area (TPSA) is 68.4 Å². The molecule has 2 aromatic heterocycles. The number of nitrogens with zero attached hydrogens (tertiary/aromatic N) is 3. The first-order valence-electron chi connectivity index (χ1n) is 10.5. The number of carbonyl (C=O) groups excluding carboxylic acids is 1. The fourth-order valence-electron chi connectivity index (χ4n) is 4.08. The molecule has 0 atom stereocenters. The molecule has 5 aromatic rings. The van der Waals surface area contributed by atoms with Gasteiger partial charge in [0.1, 0.15) is 12.4 Å². The zero-order valence-electron chi connectivity index (χ0n) is 18.2. The summed E-state index contributed by atoms with van der Waals surface area (Å²) in [4.78, 5) is 30.7. The summed E-state index contributed by atoms with van der Waals surface area (Å²) in [5.74, 6) is -0.251. The summed E-state index contributed by atoms with van der Waals surface area (Å²) in [6.45, 7) is 3.92. The number of hydrogen-bond acceptors (Lipinski definition) is 3. The smallest absolute Gasteiger partial charge is 0.260 e. The lowest BCUT2D eigenvalue weighted by Crippen LogP contribution is -2.21. The van der Waals surface area contributed by atoms with Crippen LogP contribution in [-0.2, 0) is 11.3 Å². The minimum Gasteiger partial charge on any atom is -0.324 e. The number of halogens is 1. The third-order valence-corrected chi connectivity index (χ3v) is 5.65. The van der Waals surface area contributed by atoms with E-state index in [4.69, 9.17) is 0 Å². The third kappa shape index (κ3) is 3.78. The molecule has 33 heavy (non-hydrogen) atoms. The maximum absolute atomic E-state index is 13.4. The van der Waals surface area contributed by atoms with Crippen molar-refractivity contribution in [1.82, 2.24) is 14.0 Å². The average Bonchev–Trinajstić information content (AvgIpc) is 3.10. The number of nitrogens with one attached hydrogen (secondary N) is 1. The molecule has 6 nitrogen and oxygen atoms in total. The van der Waals surface area contributed by atoms with Gasteiger partial charge < -0.3 is 9.88 Å². The number of benzene rings is 3. The largest absolute Gasteiger partial charge is 0.324 e. The summed E-state index contributed by atoms with van der Waals surface area (Å²) >= 11 is 0. The van der Waals surface area contributed by atoms with Crippen molar-refractivity contribution >= 4 is 28.4 Å². The predicted molar refractivity (Wildman–Crippen MR) is 127 cm³/mol. The van der Waals surface area contributed by atoms with E-state index in [1.807, 2.05) is 56.3 Å². The molecule has 0 spiro atoms. The lowest BCUT2D eigenvalue weighted by Gasteiger charge is -2.11. The molecule has 1 amide bonds. The van der Waals surface area contributed by atoms with Crippen LogP contribution in [-0.4, -0.2) is 19.9 Å². The molecule has 5 rings (SSSR count). The van der Waals surface area contributed by atoms with Crippen molar-refractivity contribution in [2.75, 3.05) is 5.32 Å². The Morgan fingerprint density at radius 1 is 0.970 bits per heavy atom. The van der Waals surface area contributed by atoms with Gasteiger partial charge in [-0.15, -0.1) is 0 Å². The van der Waals surface area contributed by atoms with Gasteiger partial charge in [-0.05, 0) is 61.9 Å². The number of aryl methyl sites for hydroxylation is 2. The van der Waals surface area contributed by atoms with Crippen molar-refractivity contribution in [3.63, 3.8) is 0 Å². The standard InChI is InChI=1S/C26H21FN4O2/c1-16-7-12-20(17(2)13-16)28-24(32)15-30-22-5-3-4-6-23(22)31-25(33)14-21(29-26(30)31)18-8-10-19(27)11-9-18/h3-14H,15H2,1-2H3,(H,28,32). The first-order valence-corrected chi connectivity index (χ1v) is 10.5. The Bertz CT molecular complexity index is 1580. The Labute approximate surface area is 188 Å². The summed E-state index contributed by atoms with van der Waals surface area (Å²) in [6, 6.07) is 20.4. The number of para-hydroxylation sites is 2. The lowest BCUT2D eigenvalue weighted by molar-refractivity contribution is -0.116. The molecule has 0 unspecified atom stereocenters. The third-order valence-electron chi connectivity index (χ3n) is 5.65. The van der Waals surface area contributed by atoms with Crippen LogP contribution in [0.5, 0.6) is 0 Å². The van der Waals surface area contributed by atoms with Gasteiger partial charge in [0.05, 0.1) is 16.7 Å². The highest BCUT2D eigenvalue weighted by atomic mass is 19.1. The van der Waals surface area contributed by atoms with Gasteiger partial charge in [0, 0.05) is 17.3 Å². The van der Waals surface area contributed by atoms with Crippen LogP contribution in [0.4, 0.5) is 10.1 Å². The van der Waals surface area contributed by atoms with E-state index in [0.29, 0.717) is 28.1 Å². The van der Waals surface area contributed by atoms with Crippen molar-refractivity contribution < 1.29 is 9.18 Å². The molecular weight excluding hydrogens is 419 g/mol. The second-order valence-corrected chi connectivity index (χ2v) is 8.06. The Morgan fingerprint density at radius 2 is 1.70 bits per heavy atom. The second-order valence-electron chi connectivity index (χ2n) is 8.06. The fraction of sp³-hybridized carbons (Fsp3) is 0.115. The summed E-state index contributed by atoms with van der Waals surface area (Å²) < 4.78 is 16.6. The van der Waals surface area contributed by atoms with Crippen molar-refractivity contribution in [3.05, 3.63) is 100 Å². The average molecular weight is 440 g/mol. The highest BCUT2D eigenvalue weighted by Gasteiger charge is 2.17. The van der Waals surface area contributed by atoms with Gasteiger partial charge in [-0.3, -0.25) is 9.59 Å². The van der Waals surface area contributed by atoms with Crippen LogP contribution in [0.15, 0.2) is 77.6 Å². The van der Waals surface area contributed by atoms with Gasteiger partial charge in [-0.1, -0.05) is 29.8 Å². The number of hydrogen-bond donors (Lipinski definition) is 1. The highest BCUT2D eigenvalue weighted by molar-refractivity contribution is 5.93. The van der Waals surface area contributed by atoms with Crippen LogP contribution in [0.3, 0.4) is 0 Å². The van der Waals surface area contributed by atoms with Gasteiger partial charge >= 0.3 is 0 Å². The SMILES string of the molecule is Cc1ccc(NC(=O)Cn2c3ccccc3n3c(=O)cc(-c4ccc(F)cc4)nc23)c(C)c1. The quantitative estimate of drug-likeness (QED) is 0.440. The molecule has 7 heteroatoms. The number of amides is 1. The van der Waals surface area contributed by atoms with Crippen molar-refractivity contribution in [3.8, 4) is 11.3 Å². The zero-order chi connectivity index (χ0) is 23.1. The van der Waals surface area contributed by atoms with Crippen LogP contribution in [0.2, 0.25) is 0 Å². The zero-order valence-corrected chi connectivity index (χ0v) is 18.2. The number of aromatic nitrogens is 3. The van der Waals surface area contributed by atoms with Gasteiger partial charge in [0.15, 0.2) is 0 Å². The number of fused-ring (bicyclic) bond motifs is 3. The van der Waals surface area contributed by atoms with Crippen LogP contribution in [0.25, 0.3) is 28.1 Å². The number of anilines is 1. The highest BCUT2D eigenvalue weighted by Crippen LogP contribution is 2.23. The van der Waals surface area contributed by atoms with Crippen LogP contribution in [0.1, 0.15) is 11.1 Å². The number of rotatable bonds is 4. The molecule has 2 heterocycles. The molecule has 0 aliphatic heterocycles. The molecule has 0 radical (unpaired) electrons. The monoisotopic (exact) mass is 440 g/mol. The van der Waals surface area contributed by atoms with Crippen molar-refractivity contribution in [2.45, 2.75) is 20.4 Å². The first kappa shape index (κ1) is 20.6. The van der Waals surface area contributed by atoms with Gasteiger partial charge in [0.2, 0.25) is 11.7 Å². The van der Waals surface area contributed by atoms with Gasteiger partial charge in [-0.25, -0.2) is 13.8 Å². The molecule has 0 saturated carbocycles. The maximum atomic E-state index is 13.4. The Kier molecular flexibility index (Phi) is 5.01. The molecule has 1 N–H and O–H groups in total. The summed E-state index contributed by atoms with van der Waals surface area (Å²) in [5.41, 5.74) is 4.96. The molecule has 3 aromatic carbocycles. The summed E-state index contributed by atoms with van der Waals surface area (Å²) in [7, 11) is 0. The minimum atomic E-state index is -0.367. The van der Waals surface area contributed by atoms with E-state index in [0.717, 1.165) is 16.8 Å². The Morgan fingerprint density at radius 3 is 2.42 bits per heavy atom. The van der Waals surface area contributed by atoms with Crippen LogP contribution >= 0.6 is 0 Å². The minimum absolute atomic E-state index is 0.0242. The molecule has 0 aliphatic carbocycles. The van der Waals surface area contributed by atoms with Crippen molar-refractivity contribution in [1.29, 1.82) is 0 Å². The molecular formula is C26H21FN4O2. The molecule has 0 fully saturated rings. The summed E-state index contributed by atoms with van der Waals surface area (Å²) in [5, 5.41) is 2.96. The number of imidazole rings is 1. The number of carbonyl (C=O) groups is 1. The van der Waals surface area contributed by atoms with Gasteiger partial charge in [-0.2, -0.15) is 0 Å². The molecule has 0 bridgehead atoms. The molecule has 0 saturated heterocycles. The normalized spacial score (nSPS) is 11.2.